The molecule has 3 rings (SSSR count). The lowest BCUT2D eigenvalue weighted by atomic mass is 9.97. The number of aryl methyl sites for hydroxylation is 2. The lowest BCUT2D eigenvalue weighted by Crippen LogP contribution is -2.49. The van der Waals surface area contributed by atoms with Crippen molar-refractivity contribution in [2.24, 2.45) is 0 Å². The molecule has 2 aromatic rings. The topological polar surface area (TPSA) is 81.9 Å². The Morgan fingerprint density at radius 3 is 2.52 bits per heavy atom. The molecular weight excluding hydrogens is 372 g/mol. The van der Waals surface area contributed by atoms with Crippen molar-refractivity contribution in [2.75, 3.05) is 6.61 Å². The van der Waals surface area contributed by atoms with E-state index < -0.39 is 5.97 Å². The van der Waals surface area contributed by atoms with Crippen LogP contribution in [0.1, 0.15) is 60.5 Å². The van der Waals surface area contributed by atoms with Crippen molar-refractivity contribution in [3.8, 4) is 5.75 Å². The average Bonchev–Trinajstić information content (AvgIpc) is 3.02. The third kappa shape index (κ3) is 4.78. The number of ether oxygens (including phenoxy) is 2. The summed E-state index contributed by atoms with van der Waals surface area (Å²) in [7, 11) is 0. The summed E-state index contributed by atoms with van der Waals surface area (Å²) in [6, 6.07) is 7.16. The molecule has 0 saturated carbocycles. The molecule has 156 valence electrons. The van der Waals surface area contributed by atoms with Gasteiger partial charge in [-0.1, -0.05) is 17.3 Å². The molecule has 0 aliphatic carbocycles. The summed E-state index contributed by atoms with van der Waals surface area (Å²) in [5.74, 6) is 0.333. The number of rotatable bonds is 6. The summed E-state index contributed by atoms with van der Waals surface area (Å²) in [5.41, 5.74) is 1.88. The number of para-hydroxylation sites is 1. The van der Waals surface area contributed by atoms with E-state index in [4.69, 9.17) is 14.0 Å². The first kappa shape index (κ1) is 20.9. The van der Waals surface area contributed by atoms with Crippen LogP contribution in [0.5, 0.6) is 5.75 Å². The summed E-state index contributed by atoms with van der Waals surface area (Å²) in [6.07, 6.45) is 3.06. The van der Waals surface area contributed by atoms with E-state index in [-0.39, 0.29) is 36.8 Å². The van der Waals surface area contributed by atoms with Crippen molar-refractivity contribution in [3.05, 3.63) is 46.8 Å². The number of hydrogen-bond donors (Lipinski definition) is 0. The van der Waals surface area contributed by atoms with Gasteiger partial charge in [0, 0.05) is 12.1 Å². The van der Waals surface area contributed by atoms with E-state index in [1.807, 2.05) is 32.6 Å². The van der Waals surface area contributed by atoms with E-state index in [2.05, 4.69) is 5.16 Å². The van der Waals surface area contributed by atoms with Crippen LogP contribution < -0.4 is 4.74 Å². The van der Waals surface area contributed by atoms with Crippen LogP contribution in [0.3, 0.4) is 0 Å². The molecule has 0 bridgehead atoms. The van der Waals surface area contributed by atoms with Crippen LogP contribution in [0.15, 0.2) is 28.8 Å². The highest BCUT2D eigenvalue weighted by molar-refractivity contribution is 5.94. The number of benzene rings is 1. The summed E-state index contributed by atoms with van der Waals surface area (Å²) < 4.78 is 16.3. The second-order valence-electron chi connectivity index (χ2n) is 7.59. The summed E-state index contributed by atoms with van der Waals surface area (Å²) >= 11 is 0. The monoisotopic (exact) mass is 400 g/mol. The lowest BCUT2D eigenvalue weighted by molar-refractivity contribution is -0.140. The summed E-state index contributed by atoms with van der Waals surface area (Å²) in [5, 5.41) is 3.90. The Hall–Kier alpha value is -2.83. The van der Waals surface area contributed by atoms with Crippen LogP contribution in [-0.4, -0.2) is 40.6 Å². The molecule has 0 radical (unpaired) electrons. The minimum Gasteiger partial charge on any atom is -0.488 e. The highest BCUT2D eigenvalue weighted by Crippen LogP contribution is 2.24. The molecular formula is C22H28N2O5. The first-order valence-corrected chi connectivity index (χ1v) is 10.00. The highest BCUT2D eigenvalue weighted by Gasteiger charge is 2.29. The SMILES string of the molecule is Cc1noc(C)c1COc1ccccc1C(=O)OCC(=O)N1C(C)CCCC1C. The van der Waals surface area contributed by atoms with Crippen LogP contribution in [0.4, 0.5) is 0 Å². The summed E-state index contributed by atoms with van der Waals surface area (Å²) in [6.45, 7) is 7.68. The van der Waals surface area contributed by atoms with E-state index in [0.717, 1.165) is 30.5 Å². The van der Waals surface area contributed by atoms with Gasteiger partial charge >= 0.3 is 5.97 Å². The minimum atomic E-state index is -0.579. The van der Waals surface area contributed by atoms with E-state index >= 15 is 0 Å². The van der Waals surface area contributed by atoms with E-state index in [1.54, 1.807) is 24.3 Å². The van der Waals surface area contributed by atoms with Crippen molar-refractivity contribution >= 4 is 11.9 Å². The van der Waals surface area contributed by atoms with E-state index in [0.29, 0.717) is 11.5 Å². The molecule has 2 unspecified atom stereocenters. The molecule has 1 amide bonds. The lowest BCUT2D eigenvalue weighted by Gasteiger charge is -2.38. The normalized spacial score (nSPS) is 19.1. The Labute approximate surface area is 171 Å². The van der Waals surface area contributed by atoms with Crippen LogP contribution in [0, 0.1) is 13.8 Å². The maximum Gasteiger partial charge on any atom is 0.342 e. The van der Waals surface area contributed by atoms with Gasteiger partial charge < -0.3 is 18.9 Å². The molecule has 1 fully saturated rings. The summed E-state index contributed by atoms with van der Waals surface area (Å²) in [4.78, 5) is 27.0. The van der Waals surface area contributed by atoms with Gasteiger partial charge in [-0.25, -0.2) is 4.79 Å². The predicted molar refractivity (Wildman–Crippen MR) is 107 cm³/mol. The predicted octanol–water partition coefficient (Wildman–Crippen LogP) is 3.82. The molecule has 1 saturated heterocycles. The van der Waals surface area contributed by atoms with Crippen molar-refractivity contribution in [3.63, 3.8) is 0 Å². The van der Waals surface area contributed by atoms with Crippen molar-refractivity contribution < 1.29 is 23.6 Å². The molecule has 1 aliphatic heterocycles. The Morgan fingerprint density at radius 1 is 1.17 bits per heavy atom. The highest BCUT2D eigenvalue weighted by atomic mass is 16.5. The number of likely N-dealkylation sites (tertiary alicyclic amines) is 1. The zero-order valence-electron chi connectivity index (χ0n) is 17.4. The van der Waals surface area contributed by atoms with Gasteiger partial charge in [0.15, 0.2) is 6.61 Å². The van der Waals surface area contributed by atoms with Crippen LogP contribution in [0.2, 0.25) is 0 Å². The molecule has 2 atom stereocenters. The van der Waals surface area contributed by atoms with Crippen molar-refractivity contribution in [1.29, 1.82) is 0 Å². The smallest absolute Gasteiger partial charge is 0.342 e. The first-order valence-electron chi connectivity index (χ1n) is 10.00. The first-order chi connectivity index (χ1) is 13.9. The maximum atomic E-state index is 12.6. The number of carbonyl (C=O) groups is 2. The van der Waals surface area contributed by atoms with E-state index in [1.165, 1.54) is 0 Å². The third-order valence-electron chi connectivity index (χ3n) is 5.47. The zero-order valence-corrected chi connectivity index (χ0v) is 17.4. The van der Waals surface area contributed by atoms with Gasteiger partial charge in [-0.2, -0.15) is 0 Å². The van der Waals surface area contributed by atoms with Gasteiger partial charge in [-0.05, 0) is 59.1 Å². The van der Waals surface area contributed by atoms with Gasteiger partial charge in [-0.15, -0.1) is 0 Å². The molecule has 1 aromatic carbocycles. The minimum absolute atomic E-state index is 0.160. The van der Waals surface area contributed by atoms with Gasteiger partial charge in [0.2, 0.25) is 0 Å². The Bertz CT molecular complexity index is 846. The number of hydrogen-bond acceptors (Lipinski definition) is 6. The fraction of sp³-hybridized carbons (Fsp3) is 0.500. The number of esters is 1. The number of aromatic nitrogens is 1. The standard InChI is InChI=1S/C22H28N2O5/c1-14-8-7-9-15(2)24(14)21(25)13-28-22(26)18-10-5-6-11-20(18)27-12-19-16(3)23-29-17(19)4/h5-6,10-11,14-15H,7-9,12-13H2,1-4H3. The van der Waals surface area contributed by atoms with Crippen LogP contribution in [-0.2, 0) is 16.1 Å². The number of carbonyl (C=O) groups excluding carboxylic acids is 2. The molecule has 1 aromatic heterocycles. The van der Waals surface area contributed by atoms with Gasteiger partial charge in [-0.3, -0.25) is 4.79 Å². The zero-order chi connectivity index (χ0) is 21.0. The molecule has 7 nitrogen and oxygen atoms in total. The third-order valence-corrected chi connectivity index (χ3v) is 5.47. The number of nitrogens with zero attached hydrogens (tertiary/aromatic N) is 2. The fourth-order valence-electron chi connectivity index (χ4n) is 3.81. The Morgan fingerprint density at radius 2 is 1.86 bits per heavy atom. The van der Waals surface area contributed by atoms with Gasteiger partial charge in [0.05, 0.1) is 11.3 Å². The van der Waals surface area contributed by atoms with Gasteiger partial charge in [0.1, 0.15) is 23.7 Å². The van der Waals surface area contributed by atoms with E-state index in [9.17, 15) is 9.59 Å². The van der Waals surface area contributed by atoms with Gasteiger partial charge in [0.25, 0.3) is 5.91 Å². The van der Waals surface area contributed by atoms with Crippen molar-refractivity contribution in [2.45, 2.75) is 65.6 Å². The number of amides is 1. The molecule has 0 spiro atoms. The Balaban J connectivity index is 1.63. The molecule has 1 aliphatic rings. The maximum absolute atomic E-state index is 12.6. The Kier molecular flexibility index (Phi) is 6.56. The van der Waals surface area contributed by atoms with Crippen molar-refractivity contribution in [1.82, 2.24) is 10.1 Å². The molecule has 2 heterocycles. The molecule has 0 N–H and O–H groups in total. The molecule has 29 heavy (non-hydrogen) atoms. The molecule has 7 heteroatoms. The van der Waals surface area contributed by atoms with Crippen LogP contribution in [0.25, 0.3) is 0 Å². The van der Waals surface area contributed by atoms with Crippen LogP contribution >= 0.6 is 0 Å². The quantitative estimate of drug-likeness (QED) is 0.686. The number of piperidine rings is 1. The second kappa shape index (κ2) is 9.11. The average molecular weight is 400 g/mol. The fourth-order valence-corrected chi connectivity index (χ4v) is 3.81. The largest absolute Gasteiger partial charge is 0.488 e. The second-order valence-corrected chi connectivity index (χ2v) is 7.59.